The molecule has 3 rings (SSSR count). The molecule has 0 bridgehead atoms. The summed E-state index contributed by atoms with van der Waals surface area (Å²) in [6.07, 6.45) is -3.55. The lowest BCUT2D eigenvalue weighted by molar-refractivity contribution is -0.165. The number of rotatable bonds is 4. The van der Waals surface area contributed by atoms with Crippen molar-refractivity contribution in [2.24, 2.45) is 5.92 Å². The third-order valence-corrected chi connectivity index (χ3v) is 4.67. The van der Waals surface area contributed by atoms with Crippen molar-refractivity contribution in [3.8, 4) is 0 Å². The Bertz CT molecular complexity index is 933. The number of aromatic amines is 1. The molecule has 1 aromatic heterocycles. The monoisotopic (exact) mass is 381 g/mol. The topological polar surface area (TPSA) is 86.3 Å². The molecule has 1 aliphatic rings. The lowest BCUT2D eigenvalue weighted by Gasteiger charge is -2.25. The number of H-pyrrole nitrogens is 1. The molecule has 2 aromatic rings. The highest BCUT2D eigenvalue weighted by atomic mass is 19.4. The molecule has 1 aliphatic heterocycles. The Morgan fingerprint density at radius 3 is 2.78 bits per heavy atom. The highest BCUT2D eigenvalue weighted by Gasteiger charge is 2.38. The Labute approximate surface area is 152 Å². The number of halogens is 3. The molecule has 6 nitrogen and oxygen atoms in total. The van der Waals surface area contributed by atoms with Crippen LogP contribution in [0.15, 0.2) is 18.8 Å². The Hall–Kier alpha value is -2.84. The fourth-order valence-electron chi connectivity index (χ4n) is 3.53. The maximum Gasteiger partial charge on any atom is 0.406 e. The summed E-state index contributed by atoms with van der Waals surface area (Å²) in [5, 5.41) is 16.5. The third-order valence-electron chi connectivity index (χ3n) is 4.67. The van der Waals surface area contributed by atoms with Crippen LogP contribution in [0.1, 0.15) is 30.0 Å². The van der Waals surface area contributed by atoms with Crippen LogP contribution in [0.3, 0.4) is 0 Å². The Balaban J connectivity index is 2.16. The van der Waals surface area contributed by atoms with E-state index in [1.807, 2.05) is 0 Å². The van der Waals surface area contributed by atoms with E-state index in [2.05, 4.69) is 16.8 Å². The summed E-state index contributed by atoms with van der Waals surface area (Å²) in [4.78, 5) is 24.5. The van der Waals surface area contributed by atoms with Gasteiger partial charge in [0.15, 0.2) is 0 Å². The zero-order valence-corrected chi connectivity index (χ0v) is 14.6. The lowest BCUT2D eigenvalue weighted by atomic mass is 9.90. The number of aromatic nitrogens is 2. The van der Waals surface area contributed by atoms with Gasteiger partial charge in [0.2, 0.25) is 5.91 Å². The van der Waals surface area contributed by atoms with E-state index in [1.165, 1.54) is 6.20 Å². The summed E-state index contributed by atoms with van der Waals surface area (Å²) >= 11 is 0. The van der Waals surface area contributed by atoms with Gasteiger partial charge in [0.25, 0.3) is 0 Å². The molecule has 0 saturated heterocycles. The van der Waals surface area contributed by atoms with E-state index >= 15 is 0 Å². The van der Waals surface area contributed by atoms with Crippen LogP contribution >= 0.6 is 0 Å². The summed E-state index contributed by atoms with van der Waals surface area (Å²) in [7, 11) is 0. The van der Waals surface area contributed by atoms with Crippen LogP contribution in [0.25, 0.3) is 16.5 Å². The van der Waals surface area contributed by atoms with Gasteiger partial charge >= 0.3 is 12.1 Å². The first-order chi connectivity index (χ1) is 12.6. The molecule has 0 aliphatic carbocycles. The highest BCUT2D eigenvalue weighted by Crippen LogP contribution is 2.35. The van der Waals surface area contributed by atoms with Gasteiger partial charge < -0.3 is 10.0 Å². The van der Waals surface area contributed by atoms with Gasteiger partial charge in [-0.1, -0.05) is 6.58 Å². The lowest BCUT2D eigenvalue weighted by Crippen LogP contribution is -2.41. The van der Waals surface area contributed by atoms with Crippen LogP contribution < -0.4 is 0 Å². The predicted octanol–water partition coefficient (Wildman–Crippen LogP) is 3.13. The van der Waals surface area contributed by atoms with E-state index in [1.54, 1.807) is 13.0 Å². The van der Waals surface area contributed by atoms with E-state index in [-0.39, 0.29) is 13.0 Å². The molecule has 1 amide bonds. The van der Waals surface area contributed by atoms with E-state index in [0.29, 0.717) is 26.9 Å². The molecule has 2 N–H and O–H groups in total. The zero-order chi connectivity index (χ0) is 19.9. The first-order valence-electron chi connectivity index (χ1n) is 8.28. The van der Waals surface area contributed by atoms with E-state index < -0.39 is 36.9 Å². The first-order valence-corrected chi connectivity index (χ1v) is 8.28. The second kappa shape index (κ2) is 6.71. The Morgan fingerprint density at radius 1 is 1.48 bits per heavy atom. The molecule has 0 fully saturated rings. The van der Waals surface area contributed by atoms with Gasteiger partial charge in [-0.25, -0.2) is 0 Å². The average Bonchev–Trinajstić information content (AvgIpc) is 2.97. The quantitative estimate of drug-likeness (QED) is 0.852. The van der Waals surface area contributed by atoms with Crippen LogP contribution in [0.5, 0.6) is 0 Å². The highest BCUT2D eigenvalue weighted by molar-refractivity contribution is 5.94. The van der Waals surface area contributed by atoms with Gasteiger partial charge in [0, 0.05) is 17.5 Å². The molecule has 0 spiro atoms. The van der Waals surface area contributed by atoms with Gasteiger partial charge in [0.05, 0.1) is 24.1 Å². The van der Waals surface area contributed by atoms with E-state index in [9.17, 15) is 22.8 Å². The fraction of sp³-hybridized carbons (Fsp3) is 0.389. The summed E-state index contributed by atoms with van der Waals surface area (Å²) < 4.78 is 39.0. The molecule has 0 unspecified atom stereocenters. The van der Waals surface area contributed by atoms with Crippen molar-refractivity contribution in [2.75, 3.05) is 6.54 Å². The number of carbonyl (C=O) groups excluding carboxylic acids is 1. The second-order valence-electron chi connectivity index (χ2n) is 6.81. The minimum absolute atomic E-state index is 0.0518. The molecule has 1 aromatic carbocycles. The number of fused-ring (bicyclic) bond motifs is 3. The normalized spacial score (nSPS) is 17.7. The van der Waals surface area contributed by atoms with Gasteiger partial charge in [0.1, 0.15) is 6.54 Å². The maximum atomic E-state index is 13.0. The number of benzene rings is 1. The third kappa shape index (κ3) is 3.81. The predicted molar refractivity (Wildman–Crippen MR) is 91.7 cm³/mol. The average molecular weight is 381 g/mol. The molecule has 27 heavy (non-hydrogen) atoms. The Morgan fingerprint density at radius 2 is 2.19 bits per heavy atom. The van der Waals surface area contributed by atoms with Crippen molar-refractivity contribution in [1.29, 1.82) is 0 Å². The van der Waals surface area contributed by atoms with Crippen molar-refractivity contribution >= 4 is 28.4 Å². The SMILES string of the molecule is C=C(C)c1cc2c(c3cn[nH]c13)CN(CC(F)(F)F)C(=O)[C@H](CC(=O)O)C2. The number of hydrogen-bond donors (Lipinski definition) is 2. The van der Waals surface area contributed by atoms with Crippen LogP contribution in [-0.4, -0.2) is 44.8 Å². The number of nitrogens with zero attached hydrogens (tertiary/aromatic N) is 2. The number of carboxylic acid groups (broad SMARTS) is 1. The number of nitrogens with one attached hydrogen (secondary N) is 1. The maximum absolute atomic E-state index is 13.0. The molecule has 144 valence electrons. The van der Waals surface area contributed by atoms with E-state index in [0.717, 1.165) is 11.1 Å². The molecule has 2 heterocycles. The van der Waals surface area contributed by atoms with Crippen LogP contribution in [-0.2, 0) is 22.6 Å². The summed E-state index contributed by atoms with van der Waals surface area (Å²) in [5.74, 6) is -3.10. The minimum Gasteiger partial charge on any atom is -0.481 e. The number of allylic oxidation sites excluding steroid dienone is 1. The van der Waals surface area contributed by atoms with Gasteiger partial charge in [-0.05, 0) is 36.1 Å². The molecular weight excluding hydrogens is 363 g/mol. The minimum atomic E-state index is -4.58. The number of hydrogen-bond acceptors (Lipinski definition) is 3. The van der Waals surface area contributed by atoms with Crippen LogP contribution in [0, 0.1) is 5.92 Å². The second-order valence-corrected chi connectivity index (χ2v) is 6.81. The smallest absolute Gasteiger partial charge is 0.406 e. The van der Waals surface area contributed by atoms with Crippen LogP contribution in [0.2, 0.25) is 0 Å². The first kappa shape index (κ1) is 18.9. The molecule has 0 saturated carbocycles. The molecule has 0 radical (unpaired) electrons. The summed E-state index contributed by atoms with van der Waals surface area (Å²) in [6, 6.07) is 1.76. The van der Waals surface area contributed by atoms with Crippen LogP contribution in [0.4, 0.5) is 13.2 Å². The Kier molecular flexibility index (Phi) is 4.71. The fourth-order valence-corrected chi connectivity index (χ4v) is 3.53. The van der Waals surface area contributed by atoms with Crippen molar-refractivity contribution < 1.29 is 27.9 Å². The van der Waals surface area contributed by atoms with Crippen molar-refractivity contribution in [1.82, 2.24) is 15.1 Å². The van der Waals surface area contributed by atoms with Gasteiger partial charge in [-0.3, -0.25) is 14.7 Å². The standard InChI is InChI=1S/C18H18F3N3O3/c1-9(2)12-4-10-3-11(5-15(25)26)17(27)24(8-18(19,20)21)7-14(10)13-6-22-23-16(12)13/h4,6,11H,1,3,5,7-8H2,2H3,(H,22,23)(H,25,26)/t11-/m0/s1. The molecule has 1 atom stereocenters. The summed E-state index contributed by atoms with van der Waals surface area (Å²) in [6.45, 7) is 4.01. The largest absolute Gasteiger partial charge is 0.481 e. The summed E-state index contributed by atoms with van der Waals surface area (Å²) in [5.41, 5.74) is 3.30. The number of aliphatic carboxylic acids is 1. The van der Waals surface area contributed by atoms with Crippen molar-refractivity contribution in [3.63, 3.8) is 0 Å². The zero-order valence-electron chi connectivity index (χ0n) is 14.6. The van der Waals surface area contributed by atoms with E-state index in [4.69, 9.17) is 5.11 Å². The van der Waals surface area contributed by atoms with Crippen molar-refractivity contribution in [2.45, 2.75) is 32.5 Å². The molecular formula is C18H18F3N3O3. The number of carbonyl (C=O) groups is 2. The molecule has 9 heteroatoms. The number of carboxylic acids is 1. The van der Waals surface area contributed by atoms with Gasteiger partial charge in [-0.15, -0.1) is 0 Å². The number of amides is 1. The van der Waals surface area contributed by atoms with Gasteiger partial charge in [-0.2, -0.15) is 18.3 Å². The number of alkyl halides is 3. The van der Waals surface area contributed by atoms with Crippen molar-refractivity contribution in [3.05, 3.63) is 35.5 Å².